The van der Waals surface area contributed by atoms with Crippen molar-refractivity contribution >= 4 is 29.1 Å². The molecule has 1 unspecified atom stereocenters. The highest BCUT2D eigenvalue weighted by Crippen LogP contribution is 2.46. The van der Waals surface area contributed by atoms with E-state index in [1.807, 2.05) is 57.3 Å². The minimum Gasteiger partial charge on any atom is -0.444 e. The Kier molecular flexibility index (Phi) is 5.00. The van der Waals surface area contributed by atoms with Crippen molar-refractivity contribution in [3.63, 3.8) is 0 Å². The molecule has 1 aliphatic carbocycles. The fourth-order valence-corrected chi connectivity index (χ4v) is 4.90. The number of amides is 2. The molecule has 1 saturated carbocycles. The molecule has 3 atom stereocenters. The molecule has 0 spiro atoms. The Labute approximate surface area is 181 Å². The van der Waals surface area contributed by atoms with E-state index in [1.54, 1.807) is 11.1 Å². The smallest absolute Gasteiger partial charge is 0.410 e. The zero-order chi connectivity index (χ0) is 21.8. The van der Waals surface area contributed by atoms with Gasteiger partial charge < -0.3 is 19.4 Å². The molecule has 3 aliphatic rings. The van der Waals surface area contributed by atoms with Crippen LogP contribution in [0.3, 0.4) is 0 Å². The lowest BCUT2D eigenvalue weighted by Gasteiger charge is -2.52. The van der Waals surface area contributed by atoms with Crippen LogP contribution in [0.25, 0.3) is 5.52 Å². The molecule has 3 fully saturated rings. The Hall–Kier alpha value is -2.28. The summed E-state index contributed by atoms with van der Waals surface area (Å²) in [5, 5.41) is 3.80. The van der Waals surface area contributed by atoms with Crippen molar-refractivity contribution in [2.24, 2.45) is 17.8 Å². The molecule has 5 rings (SSSR count). The van der Waals surface area contributed by atoms with E-state index >= 15 is 0 Å². The van der Waals surface area contributed by atoms with Crippen LogP contribution in [0.4, 0.5) is 4.79 Å². The van der Waals surface area contributed by atoms with E-state index in [2.05, 4.69) is 10.3 Å². The molecule has 7 nitrogen and oxygen atoms in total. The van der Waals surface area contributed by atoms with Crippen molar-refractivity contribution in [1.82, 2.24) is 19.6 Å². The summed E-state index contributed by atoms with van der Waals surface area (Å²) in [7, 11) is 0. The van der Waals surface area contributed by atoms with Crippen LogP contribution in [0.1, 0.15) is 46.9 Å². The fraction of sp³-hybridized carbons (Fsp3) is 0.591. The number of ether oxygens (including phenoxy) is 1. The van der Waals surface area contributed by atoms with Crippen molar-refractivity contribution in [3.05, 3.63) is 35.4 Å². The van der Waals surface area contributed by atoms with Crippen molar-refractivity contribution in [2.75, 3.05) is 13.1 Å². The van der Waals surface area contributed by atoms with Gasteiger partial charge in [-0.1, -0.05) is 11.6 Å². The Balaban J connectivity index is 1.44. The molecule has 2 aromatic rings. The molecule has 4 heterocycles. The summed E-state index contributed by atoms with van der Waals surface area (Å²) in [6.07, 6.45) is 4.30. The average molecular weight is 433 g/mol. The second kappa shape index (κ2) is 7.15. The van der Waals surface area contributed by atoms with Crippen LogP contribution in [0.5, 0.6) is 0 Å². The van der Waals surface area contributed by atoms with Crippen molar-refractivity contribution < 1.29 is 14.3 Å². The van der Waals surface area contributed by atoms with Crippen molar-refractivity contribution in [1.29, 1.82) is 0 Å². The summed E-state index contributed by atoms with van der Waals surface area (Å²) in [4.78, 5) is 31.8. The van der Waals surface area contributed by atoms with Gasteiger partial charge in [0, 0.05) is 25.2 Å². The quantitative estimate of drug-likeness (QED) is 0.799. The van der Waals surface area contributed by atoms with E-state index in [1.165, 1.54) is 0 Å². The fourth-order valence-electron chi connectivity index (χ4n) is 4.69. The highest BCUT2D eigenvalue weighted by atomic mass is 35.5. The third-order valence-corrected chi connectivity index (χ3v) is 6.32. The van der Waals surface area contributed by atoms with E-state index < -0.39 is 11.1 Å². The van der Waals surface area contributed by atoms with E-state index in [4.69, 9.17) is 16.3 Å². The molecule has 2 aliphatic heterocycles. The van der Waals surface area contributed by atoms with Crippen LogP contribution in [0.15, 0.2) is 24.5 Å². The molecule has 30 heavy (non-hydrogen) atoms. The largest absolute Gasteiger partial charge is 0.444 e. The number of carbonyl (C=O) groups excluding carboxylic acids is 2. The zero-order valence-corrected chi connectivity index (χ0v) is 18.9. The molecule has 2 amide bonds. The van der Waals surface area contributed by atoms with Crippen molar-refractivity contribution in [3.8, 4) is 0 Å². The predicted molar refractivity (Wildman–Crippen MR) is 114 cm³/mol. The maximum Gasteiger partial charge on any atom is 0.410 e. The normalized spacial score (nSPS) is 23.8. The topological polar surface area (TPSA) is 75.9 Å². The van der Waals surface area contributed by atoms with Crippen LogP contribution in [0, 0.1) is 17.8 Å². The molecule has 162 valence electrons. The molecule has 2 saturated heterocycles. The van der Waals surface area contributed by atoms with Gasteiger partial charge in [-0.25, -0.2) is 9.78 Å². The molecule has 2 bridgehead atoms. The molecule has 0 aromatic carbocycles. The van der Waals surface area contributed by atoms with Gasteiger partial charge in [-0.3, -0.25) is 4.79 Å². The molecular formula is C22H29ClN4O3. The second-order valence-corrected chi connectivity index (χ2v) is 10.4. The van der Waals surface area contributed by atoms with E-state index in [0.717, 1.165) is 17.8 Å². The number of halogens is 1. The lowest BCUT2D eigenvalue weighted by molar-refractivity contribution is -0.143. The Morgan fingerprint density at radius 3 is 2.50 bits per heavy atom. The van der Waals surface area contributed by atoms with Crippen LogP contribution in [-0.4, -0.2) is 45.0 Å². The number of nitrogens with one attached hydrogen (secondary N) is 1. The number of carbonyl (C=O) groups is 2. The first-order chi connectivity index (χ1) is 14.0. The van der Waals surface area contributed by atoms with Gasteiger partial charge in [0.15, 0.2) is 0 Å². The molecule has 8 heteroatoms. The summed E-state index contributed by atoms with van der Waals surface area (Å²) < 4.78 is 7.40. The summed E-state index contributed by atoms with van der Waals surface area (Å²) in [5.74, 6) is 0.993. The molecular weight excluding hydrogens is 404 g/mol. The zero-order valence-electron chi connectivity index (χ0n) is 18.1. The van der Waals surface area contributed by atoms with Crippen LogP contribution in [-0.2, 0) is 15.1 Å². The minimum absolute atomic E-state index is 0.0175. The number of rotatable bonds is 3. The standard InChI is InChI=1S/C22H29ClN4O3/c1-21(2,3)30-20(29)26-11-13-9-14(12-26)17(13)18(28)25-22(4,5)19-24-10-16-15(23)7-6-8-27(16)19/h6-8,10,13-14,17H,9,11-12H2,1-5H3,(H,25,28)/t13-,14+,17?. The van der Waals surface area contributed by atoms with Crippen molar-refractivity contribution in [2.45, 2.75) is 52.2 Å². The number of imidazole rings is 1. The maximum absolute atomic E-state index is 13.1. The first kappa shape index (κ1) is 21.0. The third kappa shape index (κ3) is 3.75. The highest BCUT2D eigenvalue weighted by molar-refractivity contribution is 6.33. The Morgan fingerprint density at radius 1 is 1.20 bits per heavy atom. The van der Waals surface area contributed by atoms with Crippen LogP contribution in [0.2, 0.25) is 5.02 Å². The highest BCUT2D eigenvalue weighted by Gasteiger charge is 2.52. The maximum atomic E-state index is 13.1. The lowest BCUT2D eigenvalue weighted by Crippen LogP contribution is -2.62. The first-order valence-electron chi connectivity index (χ1n) is 10.4. The number of hydrogen-bond donors (Lipinski definition) is 1. The molecule has 1 N–H and O–H groups in total. The van der Waals surface area contributed by atoms with Crippen LogP contribution >= 0.6 is 11.6 Å². The number of hydrogen-bond acceptors (Lipinski definition) is 4. The van der Waals surface area contributed by atoms with Gasteiger partial charge >= 0.3 is 6.09 Å². The number of pyridine rings is 1. The van der Waals surface area contributed by atoms with E-state index in [9.17, 15) is 9.59 Å². The SMILES string of the molecule is CC(C)(C)OC(=O)N1C[C@H]2C[C@@H](C1)C2C(=O)NC(C)(C)c1ncc2c(Cl)cccn12. The number of nitrogens with zero attached hydrogens (tertiary/aromatic N) is 3. The summed E-state index contributed by atoms with van der Waals surface area (Å²) in [6, 6.07) is 3.68. The minimum atomic E-state index is -0.664. The monoisotopic (exact) mass is 432 g/mol. The van der Waals surface area contributed by atoms with Gasteiger partial charge in [0.2, 0.25) is 5.91 Å². The van der Waals surface area contributed by atoms with Gasteiger partial charge in [0.05, 0.1) is 22.3 Å². The van der Waals surface area contributed by atoms with Gasteiger partial charge in [0.25, 0.3) is 0 Å². The third-order valence-electron chi connectivity index (χ3n) is 6.00. The van der Waals surface area contributed by atoms with Gasteiger partial charge in [-0.2, -0.15) is 0 Å². The molecule has 2 aromatic heterocycles. The molecule has 0 radical (unpaired) electrons. The second-order valence-electron chi connectivity index (χ2n) is 9.97. The van der Waals surface area contributed by atoms with E-state index in [-0.39, 0.29) is 29.8 Å². The summed E-state index contributed by atoms with van der Waals surface area (Å²) >= 11 is 6.26. The van der Waals surface area contributed by atoms with Gasteiger partial charge in [0.1, 0.15) is 11.4 Å². The lowest BCUT2D eigenvalue weighted by atomic mass is 9.61. The first-order valence-corrected chi connectivity index (χ1v) is 10.8. The number of aromatic nitrogens is 2. The Bertz CT molecular complexity index is 982. The Morgan fingerprint density at radius 2 is 1.87 bits per heavy atom. The summed E-state index contributed by atoms with van der Waals surface area (Å²) in [5.41, 5.74) is -0.372. The average Bonchev–Trinajstić information content (AvgIpc) is 3.06. The van der Waals surface area contributed by atoms with Crippen LogP contribution < -0.4 is 5.32 Å². The summed E-state index contributed by atoms with van der Waals surface area (Å²) in [6.45, 7) is 10.6. The number of fused-ring (bicyclic) bond motifs is 3. The number of piperidine rings is 2. The van der Waals surface area contributed by atoms with E-state index in [0.29, 0.717) is 18.1 Å². The van der Waals surface area contributed by atoms with Gasteiger partial charge in [-0.05, 0) is 65.0 Å². The van der Waals surface area contributed by atoms with Gasteiger partial charge in [-0.15, -0.1) is 0 Å². The predicted octanol–water partition coefficient (Wildman–Crippen LogP) is 3.84.